The van der Waals surface area contributed by atoms with Crippen LogP contribution in [0, 0.1) is 13.8 Å². The van der Waals surface area contributed by atoms with E-state index >= 15 is 0 Å². The van der Waals surface area contributed by atoms with E-state index in [1.807, 2.05) is 12.1 Å². The summed E-state index contributed by atoms with van der Waals surface area (Å²) in [5.74, 6) is 1.46. The molecule has 108 valence electrons. The number of rotatable bonds is 4. The molecule has 0 bridgehead atoms. The second-order valence-electron chi connectivity index (χ2n) is 4.57. The summed E-state index contributed by atoms with van der Waals surface area (Å²) in [5, 5.41) is 0. The predicted octanol–water partition coefficient (Wildman–Crippen LogP) is 4.19. The van der Waals surface area contributed by atoms with Gasteiger partial charge in [0.05, 0.1) is 20.3 Å². The van der Waals surface area contributed by atoms with Crippen molar-refractivity contribution in [2.45, 2.75) is 19.9 Å². The monoisotopic (exact) mass is 355 g/mol. The summed E-state index contributed by atoms with van der Waals surface area (Å²) in [6, 6.07) is 5.79. The van der Waals surface area contributed by atoms with Gasteiger partial charge in [0.15, 0.2) is 0 Å². The van der Waals surface area contributed by atoms with Crippen LogP contribution in [0.15, 0.2) is 22.7 Å². The molecule has 0 amide bonds. The van der Waals surface area contributed by atoms with E-state index in [4.69, 9.17) is 15.2 Å². The molecule has 0 spiro atoms. The summed E-state index contributed by atoms with van der Waals surface area (Å²) in [5.41, 5.74) is 8.62. The Balaban J connectivity index is 2.49. The van der Waals surface area contributed by atoms with Crippen LogP contribution < -0.4 is 15.2 Å². The van der Waals surface area contributed by atoms with E-state index < -0.39 is 0 Å². The zero-order chi connectivity index (χ0) is 14.9. The number of nitrogens with two attached hydrogens (primary N) is 1. The maximum atomic E-state index is 6.40. The molecule has 1 aromatic carbocycles. The first-order chi connectivity index (χ1) is 9.49. The smallest absolute Gasteiger partial charge is 0.141 e. The Morgan fingerprint density at radius 3 is 2.40 bits per heavy atom. The Hall–Kier alpha value is -1.04. The van der Waals surface area contributed by atoms with Crippen molar-refractivity contribution in [1.29, 1.82) is 0 Å². The van der Waals surface area contributed by atoms with Crippen LogP contribution in [0.5, 0.6) is 11.5 Å². The molecule has 0 saturated carbocycles. The topological polar surface area (TPSA) is 44.5 Å². The van der Waals surface area contributed by atoms with Gasteiger partial charge in [-0.3, -0.25) is 0 Å². The van der Waals surface area contributed by atoms with Crippen LogP contribution in [0.2, 0.25) is 0 Å². The van der Waals surface area contributed by atoms with E-state index in [2.05, 4.69) is 35.8 Å². The Labute approximate surface area is 131 Å². The number of benzene rings is 1. The number of ether oxygens (including phenoxy) is 2. The van der Waals surface area contributed by atoms with Gasteiger partial charge in [-0.1, -0.05) is 0 Å². The van der Waals surface area contributed by atoms with Gasteiger partial charge < -0.3 is 15.2 Å². The summed E-state index contributed by atoms with van der Waals surface area (Å²) >= 11 is 5.24. The molecule has 1 heterocycles. The van der Waals surface area contributed by atoms with Crippen LogP contribution in [-0.4, -0.2) is 14.2 Å². The maximum absolute atomic E-state index is 6.40. The van der Waals surface area contributed by atoms with Gasteiger partial charge in [-0.2, -0.15) is 0 Å². The van der Waals surface area contributed by atoms with Crippen LogP contribution in [0.4, 0.5) is 0 Å². The number of thiophene rings is 1. The number of hydrogen-bond acceptors (Lipinski definition) is 4. The summed E-state index contributed by atoms with van der Waals surface area (Å²) in [6.45, 7) is 4.21. The SMILES string of the molecule is COc1ccc(C(N)c2cc(C)c(C)s2)c(OC)c1Br. The highest BCUT2D eigenvalue weighted by Crippen LogP contribution is 2.41. The van der Waals surface area contributed by atoms with E-state index in [1.54, 1.807) is 25.6 Å². The average Bonchev–Trinajstić information content (AvgIpc) is 2.77. The molecule has 0 aliphatic rings. The molecule has 0 radical (unpaired) electrons. The molecule has 1 unspecified atom stereocenters. The highest BCUT2D eigenvalue weighted by atomic mass is 79.9. The molecular weight excluding hydrogens is 338 g/mol. The first kappa shape index (κ1) is 15.4. The lowest BCUT2D eigenvalue weighted by Gasteiger charge is -2.17. The normalized spacial score (nSPS) is 12.3. The van der Waals surface area contributed by atoms with Gasteiger partial charge in [0.25, 0.3) is 0 Å². The van der Waals surface area contributed by atoms with Crippen molar-refractivity contribution in [2.24, 2.45) is 5.73 Å². The Kier molecular flexibility index (Phi) is 4.73. The predicted molar refractivity (Wildman–Crippen MR) is 87.1 cm³/mol. The van der Waals surface area contributed by atoms with Gasteiger partial charge >= 0.3 is 0 Å². The van der Waals surface area contributed by atoms with Gasteiger partial charge in [0.1, 0.15) is 16.0 Å². The van der Waals surface area contributed by atoms with Crippen molar-refractivity contribution < 1.29 is 9.47 Å². The molecule has 2 rings (SSSR count). The number of halogens is 1. The molecule has 0 saturated heterocycles. The first-order valence-corrected chi connectivity index (χ1v) is 7.83. The average molecular weight is 356 g/mol. The summed E-state index contributed by atoms with van der Waals surface area (Å²) in [6.07, 6.45) is 0. The minimum absolute atomic E-state index is 0.204. The molecule has 0 fully saturated rings. The standard InChI is InChI=1S/C15H18BrNO2S/c1-8-7-12(20-9(8)2)14(17)10-5-6-11(18-3)13(16)15(10)19-4/h5-7,14H,17H2,1-4H3. The van der Waals surface area contributed by atoms with E-state index in [9.17, 15) is 0 Å². The molecule has 0 aliphatic carbocycles. The molecule has 20 heavy (non-hydrogen) atoms. The van der Waals surface area contributed by atoms with Gasteiger partial charge in [-0.05, 0) is 53.5 Å². The van der Waals surface area contributed by atoms with Crippen LogP contribution in [0.25, 0.3) is 0 Å². The second-order valence-corrected chi connectivity index (χ2v) is 6.65. The van der Waals surface area contributed by atoms with Crippen molar-refractivity contribution in [3.63, 3.8) is 0 Å². The maximum Gasteiger partial charge on any atom is 0.141 e. The summed E-state index contributed by atoms with van der Waals surface area (Å²) < 4.78 is 11.6. The molecule has 1 aromatic heterocycles. The lowest BCUT2D eigenvalue weighted by atomic mass is 10.0. The molecule has 0 aliphatic heterocycles. The van der Waals surface area contributed by atoms with Crippen molar-refractivity contribution in [1.82, 2.24) is 0 Å². The first-order valence-electron chi connectivity index (χ1n) is 6.22. The highest BCUT2D eigenvalue weighted by molar-refractivity contribution is 9.10. The van der Waals surface area contributed by atoms with Crippen LogP contribution in [-0.2, 0) is 0 Å². The van der Waals surface area contributed by atoms with Crippen molar-refractivity contribution in [2.75, 3.05) is 14.2 Å². The lowest BCUT2D eigenvalue weighted by Crippen LogP contribution is -2.12. The van der Waals surface area contributed by atoms with Crippen molar-refractivity contribution in [3.8, 4) is 11.5 Å². The fourth-order valence-electron chi connectivity index (χ4n) is 2.07. The number of hydrogen-bond donors (Lipinski definition) is 1. The number of methoxy groups -OCH3 is 2. The third kappa shape index (κ3) is 2.71. The third-order valence-corrected chi connectivity index (χ3v) is 5.33. The zero-order valence-corrected chi connectivity index (χ0v) is 14.4. The molecule has 1 atom stereocenters. The zero-order valence-electron chi connectivity index (χ0n) is 12.0. The van der Waals surface area contributed by atoms with Crippen LogP contribution in [0.1, 0.15) is 26.9 Å². The van der Waals surface area contributed by atoms with Crippen LogP contribution >= 0.6 is 27.3 Å². The molecular formula is C15H18BrNO2S. The van der Waals surface area contributed by atoms with Gasteiger partial charge in [0, 0.05) is 15.3 Å². The number of aryl methyl sites for hydroxylation is 2. The van der Waals surface area contributed by atoms with Crippen LogP contribution in [0.3, 0.4) is 0 Å². The minimum Gasteiger partial charge on any atom is -0.495 e. The van der Waals surface area contributed by atoms with Gasteiger partial charge in [-0.25, -0.2) is 0 Å². The highest BCUT2D eigenvalue weighted by Gasteiger charge is 2.20. The largest absolute Gasteiger partial charge is 0.495 e. The van der Waals surface area contributed by atoms with Crippen molar-refractivity contribution >= 4 is 27.3 Å². The molecule has 5 heteroatoms. The Morgan fingerprint density at radius 1 is 1.20 bits per heavy atom. The Morgan fingerprint density at radius 2 is 1.90 bits per heavy atom. The minimum atomic E-state index is -0.204. The lowest BCUT2D eigenvalue weighted by molar-refractivity contribution is 0.385. The quantitative estimate of drug-likeness (QED) is 0.893. The molecule has 2 N–H and O–H groups in total. The van der Waals surface area contributed by atoms with E-state index in [1.165, 1.54) is 10.4 Å². The second kappa shape index (κ2) is 6.16. The molecule has 3 nitrogen and oxygen atoms in total. The Bertz CT molecular complexity index is 605. The fourth-order valence-corrected chi connectivity index (χ4v) is 3.82. The van der Waals surface area contributed by atoms with Gasteiger partial charge in [0.2, 0.25) is 0 Å². The summed E-state index contributed by atoms with van der Waals surface area (Å²) in [4.78, 5) is 2.43. The van der Waals surface area contributed by atoms with E-state index in [0.29, 0.717) is 0 Å². The fraction of sp³-hybridized carbons (Fsp3) is 0.333. The third-order valence-electron chi connectivity index (χ3n) is 3.34. The van der Waals surface area contributed by atoms with Crippen molar-refractivity contribution in [3.05, 3.63) is 43.6 Å². The van der Waals surface area contributed by atoms with Gasteiger partial charge in [-0.15, -0.1) is 11.3 Å². The summed E-state index contributed by atoms with van der Waals surface area (Å²) in [7, 11) is 3.27. The van der Waals surface area contributed by atoms with E-state index in [0.717, 1.165) is 26.4 Å². The molecule has 2 aromatic rings. The van der Waals surface area contributed by atoms with E-state index in [-0.39, 0.29) is 6.04 Å².